The van der Waals surface area contributed by atoms with Crippen molar-refractivity contribution in [2.24, 2.45) is 0 Å². The SMILES string of the molecule is COC(=O)C1Cc2ccccc2N1C(=O)Cc1csc(NC(=O)c2ccco2)n1. The molecule has 0 saturated carbocycles. The maximum Gasteiger partial charge on any atom is 0.329 e. The van der Waals surface area contributed by atoms with Crippen LogP contribution in [0.3, 0.4) is 0 Å². The molecule has 29 heavy (non-hydrogen) atoms. The molecule has 9 heteroatoms. The number of esters is 1. The summed E-state index contributed by atoms with van der Waals surface area (Å²) in [4.78, 5) is 43.0. The van der Waals surface area contributed by atoms with Crippen molar-refractivity contribution in [3.63, 3.8) is 0 Å². The number of nitrogens with zero attached hydrogens (tertiary/aromatic N) is 2. The molecule has 0 fully saturated rings. The van der Waals surface area contributed by atoms with Crippen LogP contribution in [0.2, 0.25) is 0 Å². The minimum Gasteiger partial charge on any atom is -0.467 e. The zero-order chi connectivity index (χ0) is 20.4. The van der Waals surface area contributed by atoms with Gasteiger partial charge in [-0.15, -0.1) is 11.3 Å². The molecule has 0 saturated heterocycles. The van der Waals surface area contributed by atoms with Crippen molar-refractivity contribution < 1.29 is 23.5 Å². The van der Waals surface area contributed by atoms with Gasteiger partial charge in [-0.3, -0.25) is 19.8 Å². The van der Waals surface area contributed by atoms with Crippen molar-refractivity contribution in [2.45, 2.75) is 18.9 Å². The third-order valence-electron chi connectivity index (χ3n) is 4.57. The number of ether oxygens (including phenoxy) is 1. The summed E-state index contributed by atoms with van der Waals surface area (Å²) in [6, 6.07) is 9.87. The van der Waals surface area contributed by atoms with Gasteiger partial charge in [0.25, 0.3) is 5.91 Å². The van der Waals surface area contributed by atoms with Gasteiger partial charge in [-0.2, -0.15) is 0 Å². The average Bonchev–Trinajstić information content (AvgIpc) is 3.46. The Morgan fingerprint density at radius 1 is 1.28 bits per heavy atom. The van der Waals surface area contributed by atoms with Crippen LogP contribution in [0.4, 0.5) is 10.8 Å². The Labute approximate surface area is 170 Å². The van der Waals surface area contributed by atoms with Gasteiger partial charge in [0.15, 0.2) is 10.9 Å². The Bertz CT molecular complexity index is 1060. The fraction of sp³-hybridized carbons (Fsp3) is 0.200. The molecule has 3 aromatic rings. The predicted molar refractivity (Wildman–Crippen MR) is 106 cm³/mol. The van der Waals surface area contributed by atoms with Crippen LogP contribution in [0.1, 0.15) is 21.8 Å². The van der Waals surface area contributed by atoms with E-state index in [1.807, 2.05) is 24.3 Å². The molecule has 0 radical (unpaired) electrons. The van der Waals surface area contributed by atoms with E-state index in [9.17, 15) is 14.4 Å². The number of carbonyl (C=O) groups excluding carboxylic acids is 3. The van der Waals surface area contributed by atoms with E-state index in [0.29, 0.717) is 22.9 Å². The van der Waals surface area contributed by atoms with Gasteiger partial charge < -0.3 is 9.15 Å². The van der Waals surface area contributed by atoms with Gasteiger partial charge in [0.2, 0.25) is 5.91 Å². The summed E-state index contributed by atoms with van der Waals surface area (Å²) < 4.78 is 9.92. The molecule has 0 spiro atoms. The number of amides is 2. The number of benzene rings is 1. The third kappa shape index (κ3) is 3.77. The lowest BCUT2D eigenvalue weighted by molar-refractivity contribution is -0.143. The molecule has 148 valence electrons. The zero-order valence-corrected chi connectivity index (χ0v) is 16.3. The van der Waals surface area contributed by atoms with E-state index in [4.69, 9.17) is 9.15 Å². The van der Waals surface area contributed by atoms with Crippen molar-refractivity contribution in [3.05, 3.63) is 65.1 Å². The van der Waals surface area contributed by atoms with E-state index < -0.39 is 17.9 Å². The Hall–Kier alpha value is -3.46. The maximum absolute atomic E-state index is 13.0. The van der Waals surface area contributed by atoms with Crippen molar-refractivity contribution >= 4 is 39.9 Å². The molecule has 1 aliphatic heterocycles. The minimum absolute atomic E-state index is 0.00501. The first-order valence-corrected chi connectivity index (χ1v) is 9.72. The van der Waals surface area contributed by atoms with E-state index in [0.717, 1.165) is 5.56 Å². The number of anilines is 2. The minimum atomic E-state index is -0.693. The molecule has 3 heterocycles. The van der Waals surface area contributed by atoms with Crippen molar-refractivity contribution in [3.8, 4) is 0 Å². The van der Waals surface area contributed by atoms with E-state index in [2.05, 4.69) is 10.3 Å². The Balaban J connectivity index is 1.49. The first-order chi connectivity index (χ1) is 14.1. The van der Waals surface area contributed by atoms with Gasteiger partial charge in [-0.1, -0.05) is 18.2 Å². The number of methoxy groups -OCH3 is 1. The van der Waals surface area contributed by atoms with Crippen LogP contribution in [-0.2, 0) is 27.2 Å². The molecule has 1 unspecified atom stereocenters. The van der Waals surface area contributed by atoms with Crippen LogP contribution >= 0.6 is 11.3 Å². The number of para-hydroxylation sites is 1. The molecular formula is C20H17N3O5S. The second kappa shape index (κ2) is 7.88. The Morgan fingerprint density at radius 2 is 2.10 bits per heavy atom. The Kier molecular flexibility index (Phi) is 5.13. The van der Waals surface area contributed by atoms with Crippen LogP contribution in [0, 0.1) is 0 Å². The van der Waals surface area contributed by atoms with Gasteiger partial charge in [0.1, 0.15) is 6.04 Å². The number of nitrogens with one attached hydrogen (secondary N) is 1. The number of rotatable bonds is 5. The van der Waals surface area contributed by atoms with E-state index in [1.54, 1.807) is 17.5 Å². The van der Waals surface area contributed by atoms with Gasteiger partial charge in [0.05, 0.1) is 25.5 Å². The molecule has 8 nitrogen and oxygen atoms in total. The molecule has 0 bridgehead atoms. The maximum atomic E-state index is 13.0. The van der Waals surface area contributed by atoms with Crippen molar-refractivity contribution in [1.82, 2.24) is 4.98 Å². The summed E-state index contributed by atoms with van der Waals surface area (Å²) in [5, 5.41) is 4.70. The van der Waals surface area contributed by atoms with Gasteiger partial charge in [-0.05, 0) is 23.8 Å². The molecule has 0 aliphatic carbocycles. The number of fused-ring (bicyclic) bond motifs is 1. The molecule has 1 aliphatic rings. The zero-order valence-electron chi connectivity index (χ0n) is 15.5. The van der Waals surface area contributed by atoms with Crippen molar-refractivity contribution in [1.29, 1.82) is 0 Å². The first-order valence-electron chi connectivity index (χ1n) is 8.84. The molecule has 1 N–H and O–H groups in total. The summed E-state index contributed by atoms with van der Waals surface area (Å²) in [5.74, 6) is -0.965. The van der Waals surface area contributed by atoms with Crippen LogP contribution in [0.5, 0.6) is 0 Å². The third-order valence-corrected chi connectivity index (χ3v) is 5.37. The molecular weight excluding hydrogens is 394 g/mol. The molecule has 1 aromatic carbocycles. The van der Waals surface area contributed by atoms with Crippen LogP contribution in [0.25, 0.3) is 0 Å². The topological polar surface area (TPSA) is 102 Å². The molecule has 4 rings (SSSR count). The highest BCUT2D eigenvalue weighted by atomic mass is 32.1. The summed E-state index contributed by atoms with van der Waals surface area (Å²) in [7, 11) is 1.31. The van der Waals surface area contributed by atoms with Gasteiger partial charge >= 0.3 is 5.97 Å². The van der Waals surface area contributed by atoms with Crippen molar-refractivity contribution in [2.75, 3.05) is 17.3 Å². The second-order valence-electron chi connectivity index (χ2n) is 6.39. The highest BCUT2D eigenvalue weighted by Crippen LogP contribution is 2.33. The summed E-state index contributed by atoms with van der Waals surface area (Å²) >= 11 is 1.21. The lowest BCUT2D eigenvalue weighted by Crippen LogP contribution is -2.44. The lowest BCUT2D eigenvalue weighted by atomic mass is 10.1. The molecule has 1 atom stereocenters. The first kappa shape index (κ1) is 18.9. The summed E-state index contributed by atoms with van der Waals surface area (Å²) in [6.45, 7) is 0. The van der Waals surface area contributed by atoms with E-state index in [1.165, 1.54) is 29.6 Å². The predicted octanol–water partition coefficient (Wildman–Crippen LogP) is 2.66. The number of aromatic nitrogens is 1. The number of hydrogen-bond acceptors (Lipinski definition) is 7. The second-order valence-corrected chi connectivity index (χ2v) is 7.25. The van der Waals surface area contributed by atoms with Crippen LogP contribution < -0.4 is 10.2 Å². The molecule has 2 amide bonds. The number of thiazole rings is 1. The quantitative estimate of drug-likeness (QED) is 0.648. The highest BCUT2D eigenvalue weighted by Gasteiger charge is 2.38. The number of carbonyl (C=O) groups is 3. The fourth-order valence-electron chi connectivity index (χ4n) is 3.27. The van der Waals surface area contributed by atoms with Crippen LogP contribution in [0.15, 0.2) is 52.5 Å². The average molecular weight is 411 g/mol. The number of furan rings is 1. The molecule has 2 aromatic heterocycles. The Morgan fingerprint density at radius 3 is 2.86 bits per heavy atom. The summed E-state index contributed by atoms with van der Waals surface area (Å²) in [5.41, 5.74) is 2.12. The standard InChI is InChI=1S/C20H17N3O5S/c1-27-19(26)15-9-12-5-2-3-6-14(12)23(15)17(24)10-13-11-29-20(21-13)22-18(25)16-7-4-8-28-16/h2-8,11,15H,9-10H2,1H3,(H,21,22,25). The fourth-order valence-corrected chi connectivity index (χ4v) is 3.98. The smallest absolute Gasteiger partial charge is 0.329 e. The van der Waals surface area contributed by atoms with Crippen LogP contribution in [-0.4, -0.2) is 35.9 Å². The van der Waals surface area contributed by atoms with Gasteiger partial charge in [-0.25, -0.2) is 9.78 Å². The normalized spacial score (nSPS) is 15.1. The number of hydrogen-bond donors (Lipinski definition) is 1. The largest absolute Gasteiger partial charge is 0.467 e. The van der Waals surface area contributed by atoms with E-state index >= 15 is 0 Å². The monoisotopic (exact) mass is 411 g/mol. The lowest BCUT2D eigenvalue weighted by Gasteiger charge is -2.23. The van der Waals surface area contributed by atoms with E-state index in [-0.39, 0.29) is 18.1 Å². The van der Waals surface area contributed by atoms with Gasteiger partial charge in [0, 0.05) is 17.5 Å². The highest BCUT2D eigenvalue weighted by molar-refractivity contribution is 7.14. The summed E-state index contributed by atoms with van der Waals surface area (Å²) in [6.07, 6.45) is 1.82.